The number of rotatable bonds is 10. The number of nitrogens with zero attached hydrogens (tertiary/aromatic N) is 1. The lowest BCUT2D eigenvalue weighted by molar-refractivity contribution is -0.150. The molecule has 186 valence electrons. The van der Waals surface area contributed by atoms with Gasteiger partial charge in [-0.2, -0.15) is 0 Å². The van der Waals surface area contributed by atoms with Gasteiger partial charge in [-0.15, -0.1) is 23.4 Å². The second-order valence-corrected chi connectivity index (χ2v) is 8.69. The molecule has 1 aromatic carbocycles. The molecule has 12 heteroatoms. The molecule has 2 rings (SSSR count). The average molecular weight is 536 g/mol. The van der Waals surface area contributed by atoms with Crippen molar-refractivity contribution < 1.29 is 37.8 Å². The van der Waals surface area contributed by atoms with Crippen molar-refractivity contribution in [3.05, 3.63) is 34.1 Å². The van der Waals surface area contributed by atoms with Gasteiger partial charge in [0.2, 0.25) is 5.91 Å². The maximum atomic E-state index is 14.9. The third-order valence-corrected chi connectivity index (χ3v) is 6.42. The van der Waals surface area contributed by atoms with Crippen molar-refractivity contribution in [1.82, 2.24) is 0 Å². The molecule has 0 aliphatic heterocycles. The molecule has 0 aromatic heterocycles. The van der Waals surface area contributed by atoms with Crippen LogP contribution in [0.1, 0.15) is 32.6 Å². The van der Waals surface area contributed by atoms with Gasteiger partial charge in [-0.25, -0.2) is 14.1 Å². The number of carbonyl (C=O) groups excluding carboxylic acids is 4. The number of hydrogen-bond donors (Lipinski definition) is 0. The zero-order valence-electron chi connectivity index (χ0n) is 18.7. The lowest BCUT2D eigenvalue weighted by Crippen LogP contribution is -2.40. The summed E-state index contributed by atoms with van der Waals surface area (Å²) >= 11 is 12.8. The molecule has 0 unspecified atom stereocenters. The minimum atomic E-state index is -0.947. The smallest absolute Gasteiger partial charge is 0.336 e. The summed E-state index contributed by atoms with van der Waals surface area (Å²) in [5, 5.41) is -0.0121. The van der Waals surface area contributed by atoms with Gasteiger partial charge in [0.1, 0.15) is 11.7 Å². The van der Waals surface area contributed by atoms with Gasteiger partial charge in [0.25, 0.3) is 5.91 Å². The summed E-state index contributed by atoms with van der Waals surface area (Å²) in [6, 6.07) is 2.13. The number of imide groups is 1. The SMILES string of the molecule is CCOC(=O)CSc1cc(N(C(=O)CCl)C(=O)C2=C(C(=O)OCOC)CCCC2)c(F)cc1Cl. The van der Waals surface area contributed by atoms with E-state index in [1.807, 2.05) is 0 Å². The van der Waals surface area contributed by atoms with Crippen molar-refractivity contribution >= 4 is 64.4 Å². The summed E-state index contributed by atoms with van der Waals surface area (Å²) in [5.74, 6) is -4.70. The second kappa shape index (κ2) is 13.7. The number of amides is 2. The van der Waals surface area contributed by atoms with Crippen LogP contribution in [0.3, 0.4) is 0 Å². The molecule has 0 spiro atoms. The molecule has 1 aliphatic rings. The first-order valence-electron chi connectivity index (χ1n) is 10.3. The molecule has 1 aromatic rings. The van der Waals surface area contributed by atoms with Crippen molar-refractivity contribution in [1.29, 1.82) is 0 Å². The molecule has 0 atom stereocenters. The minimum Gasteiger partial charge on any atom is -0.465 e. The fourth-order valence-corrected chi connectivity index (χ4v) is 4.44. The van der Waals surface area contributed by atoms with E-state index in [2.05, 4.69) is 0 Å². The number of ether oxygens (including phenoxy) is 3. The second-order valence-electron chi connectivity index (χ2n) is 7.00. The minimum absolute atomic E-state index is 0.0121. The topological polar surface area (TPSA) is 99.2 Å². The standard InChI is InChI=1S/C22H24Cl2FNO7S/c1-3-32-20(28)11-34-18-9-17(16(25)8-15(18)24)26(19(27)10-23)21(29)13-6-4-5-7-14(13)22(30)33-12-31-2/h8-9H,3-7,10-12H2,1-2H3. The highest BCUT2D eigenvalue weighted by Gasteiger charge is 2.33. The van der Waals surface area contributed by atoms with Crippen LogP contribution in [0.5, 0.6) is 0 Å². The number of benzene rings is 1. The molecule has 2 amide bonds. The third kappa shape index (κ3) is 7.18. The number of esters is 2. The molecule has 1 aliphatic carbocycles. The van der Waals surface area contributed by atoms with E-state index in [1.54, 1.807) is 6.92 Å². The molecular formula is C22H24Cl2FNO7S. The molecule has 0 N–H and O–H groups in total. The van der Waals surface area contributed by atoms with Crippen LogP contribution in [0.4, 0.5) is 10.1 Å². The molecule has 0 saturated carbocycles. The van der Waals surface area contributed by atoms with Crippen LogP contribution >= 0.6 is 35.0 Å². The van der Waals surface area contributed by atoms with Crippen molar-refractivity contribution in [2.24, 2.45) is 0 Å². The van der Waals surface area contributed by atoms with Crippen LogP contribution in [0.2, 0.25) is 5.02 Å². The fourth-order valence-electron chi connectivity index (χ4n) is 3.26. The predicted octanol–water partition coefficient (Wildman–Crippen LogP) is 4.25. The highest BCUT2D eigenvalue weighted by atomic mass is 35.5. The Bertz CT molecular complexity index is 986. The van der Waals surface area contributed by atoms with Gasteiger partial charge in [-0.3, -0.25) is 14.4 Å². The van der Waals surface area contributed by atoms with Crippen LogP contribution in [0.15, 0.2) is 28.2 Å². The number of halogens is 3. The Morgan fingerprint density at radius 1 is 1.12 bits per heavy atom. The third-order valence-electron chi connectivity index (χ3n) is 4.74. The largest absolute Gasteiger partial charge is 0.465 e. The number of anilines is 1. The number of thioether (sulfide) groups is 1. The zero-order chi connectivity index (χ0) is 25.3. The van der Waals surface area contributed by atoms with Gasteiger partial charge in [-0.1, -0.05) is 11.6 Å². The Kier molecular flexibility index (Phi) is 11.3. The highest BCUT2D eigenvalue weighted by Crippen LogP contribution is 2.36. The van der Waals surface area contributed by atoms with Crippen LogP contribution in [-0.2, 0) is 33.4 Å². The van der Waals surface area contributed by atoms with Crippen molar-refractivity contribution in [2.75, 3.05) is 37.0 Å². The van der Waals surface area contributed by atoms with Crippen LogP contribution in [-0.4, -0.2) is 55.9 Å². The zero-order valence-corrected chi connectivity index (χ0v) is 21.0. The Labute approximate surface area is 210 Å². The van der Waals surface area contributed by atoms with Gasteiger partial charge in [0.05, 0.1) is 23.1 Å². The number of hydrogen-bond acceptors (Lipinski definition) is 8. The number of carbonyl (C=O) groups is 4. The summed E-state index contributed by atoms with van der Waals surface area (Å²) < 4.78 is 29.5. The normalized spacial score (nSPS) is 13.4. The van der Waals surface area contributed by atoms with Crippen molar-refractivity contribution in [3.63, 3.8) is 0 Å². The van der Waals surface area contributed by atoms with Crippen LogP contribution in [0, 0.1) is 5.82 Å². The van der Waals surface area contributed by atoms with E-state index in [9.17, 15) is 23.6 Å². The predicted molar refractivity (Wildman–Crippen MR) is 125 cm³/mol. The summed E-state index contributed by atoms with van der Waals surface area (Å²) in [6.45, 7) is 1.55. The number of methoxy groups -OCH3 is 1. The van der Waals surface area contributed by atoms with Gasteiger partial charge in [0, 0.05) is 23.2 Å². The average Bonchev–Trinajstić information content (AvgIpc) is 2.83. The first kappa shape index (κ1) is 28.1. The van der Waals surface area contributed by atoms with E-state index in [0.717, 1.165) is 17.8 Å². The molecular weight excluding hydrogens is 512 g/mol. The number of alkyl halides is 1. The maximum Gasteiger partial charge on any atom is 0.336 e. The van der Waals surface area contributed by atoms with E-state index in [4.69, 9.17) is 37.4 Å². The van der Waals surface area contributed by atoms with E-state index in [-0.39, 0.29) is 53.1 Å². The Morgan fingerprint density at radius 3 is 2.41 bits per heavy atom. The van der Waals surface area contributed by atoms with Gasteiger partial charge in [-0.05, 0) is 44.7 Å². The monoisotopic (exact) mass is 535 g/mol. The van der Waals surface area contributed by atoms with Crippen molar-refractivity contribution in [3.8, 4) is 0 Å². The van der Waals surface area contributed by atoms with Gasteiger partial charge >= 0.3 is 11.9 Å². The van der Waals surface area contributed by atoms with E-state index < -0.39 is 41.1 Å². The van der Waals surface area contributed by atoms with Gasteiger partial charge in [0.15, 0.2) is 6.79 Å². The van der Waals surface area contributed by atoms with Crippen LogP contribution < -0.4 is 4.90 Å². The quantitative estimate of drug-likeness (QED) is 0.190. The summed E-state index contributed by atoms with van der Waals surface area (Å²) in [6.07, 6.45) is 1.69. The molecule has 0 saturated heterocycles. The molecule has 34 heavy (non-hydrogen) atoms. The van der Waals surface area contributed by atoms with Crippen molar-refractivity contribution in [2.45, 2.75) is 37.5 Å². The van der Waals surface area contributed by atoms with Gasteiger partial charge < -0.3 is 14.2 Å². The Morgan fingerprint density at radius 2 is 1.79 bits per heavy atom. The first-order valence-corrected chi connectivity index (χ1v) is 12.2. The first-order chi connectivity index (χ1) is 16.2. The molecule has 0 fully saturated rings. The molecule has 8 nitrogen and oxygen atoms in total. The summed E-state index contributed by atoms with van der Waals surface area (Å²) in [4.78, 5) is 51.1. The lowest BCUT2D eigenvalue weighted by atomic mass is 9.90. The maximum absolute atomic E-state index is 14.9. The molecule has 0 radical (unpaired) electrons. The Hall–Kier alpha value is -2.14. The molecule has 0 bridgehead atoms. The fraction of sp³-hybridized carbons (Fsp3) is 0.455. The summed E-state index contributed by atoms with van der Waals surface area (Å²) in [5.41, 5.74) is -0.248. The van der Waals surface area contributed by atoms with E-state index >= 15 is 0 Å². The summed E-state index contributed by atoms with van der Waals surface area (Å²) in [7, 11) is 1.34. The lowest BCUT2D eigenvalue weighted by Gasteiger charge is -2.26. The van der Waals surface area contributed by atoms with Crippen LogP contribution in [0.25, 0.3) is 0 Å². The van der Waals surface area contributed by atoms with E-state index in [0.29, 0.717) is 17.7 Å². The van der Waals surface area contributed by atoms with E-state index in [1.165, 1.54) is 13.2 Å². The molecule has 0 heterocycles. The highest BCUT2D eigenvalue weighted by molar-refractivity contribution is 8.00. The Balaban J connectivity index is 2.49.